The summed E-state index contributed by atoms with van der Waals surface area (Å²) < 4.78 is 43.6. The number of carboxylic acid groups (broad SMARTS) is 1. The second-order valence-electron chi connectivity index (χ2n) is 7.61. The van der Waals surface area contributed by atoms with E-state index in [0.717, 1.165) is 49.3 Å². The van der Waals surface area contributed by atoms with E-state index in [-0.39, 0.29) is 6.61 Å². The summed E-state index contributed by atoms with van der Waals surface area (Å²) in [7, 11) is 0. The van der Waals surface area contributed by atoms with Crippen LogP contribution in [-0.4, -0.2) is 40.7 Å². The van der Waals surface area contributed by atoms with E-state index in [2.05, 4.69) is 9.88 Å². The number of nitrogens with zero attached hydrogens (tertiary/aromatic N) is 2. The van der Waals surface area contributed by atoms with Crippen LogP contribution in [0, 0.1) is 0 Å². The molecule has 0 saturated carbocycles. The van der Waals surface area contributed by atoms with Crippen molar-refractivity contribution in [2.75, 3.05) is 19.7 Å². The zero-order valence-corrected chi connectivity index (χ0v) is 17.9. The van der Waals surface area contributed by atoms with E-state index in [0.29, 0.717) is 22.9 Å². The van der Waals surface area contributed by atoms with Crippen molar-refractivity contribution < 1.29 is 27.8 Å². The van der Waals surface area contributed by atoms with Crippen LogP contribution in [0.2, 0.25) is 0 Å². The van der Waals surface area contributed by atoms with E-state index in [1.165, 1.54) is 29.0 Å². The van der Waals surface area contributed by atoms with Crippen LogP contribution in [0.25, 0.3) is 10.6 Å². The van der Waals surface area contributed by atoms with Crippen LogP contribution in [-0.2, 0) is 30.4 Å². The van der Waals surface area contributed by atoms with E-state index in [1.807, 2.05) is 17.5 Å². The SMILES string of the molecule is O=C(O)COc1ccc2c(c1)CCN(Cc1csc(-c3ccc(C(F)(F)F)cc3)n1)CC2. The number of hydrogen-bond acceptors (Lipinski definition) is 5. The number of aromatic nitrogens is 1. The first-order valence-electron chi connectivity index (χ1n) is 10.1. The van der Waals surface area contributed by atoms with Crippen molar-refractivity contribution in [3.8, 4) is 16.3 Å². The van der Waals surface area contributed by atoms with Crippen LogP contribution in [0.4, 0.5) is 13.2 Å². The van der Waals surface area contributed by atoms with E-state index in [4.69, 9.17) is 9.84 Å². The molecule has 5 nitrogen and oxygen atoms in total. The Kier molecular flexibility index (Phi) is 6.48. The van der Waals surface area contributed by atoms with Crippen LogP contribution < -0.4 is 4.74 Å². The topological polar surface area (TPSA) is 62.7 Å². The van der Waals surface area contributed by atoms with Crippen LogP contribution in [0.3, 0.4) is 0 Å². The van der Waals surface area contributed by atoms with Crippen molar-refractivity contribution in [1.29, 1.82) is 0 Å². The number of alkyl halides is 3. The van der Waals surface area contributed by atoms with Crippen LogP contribution in [0.1, 0.15) is 22.4 Å². The molecule has 0 unspecified atom stereocenters. The molecule has 9 heteroatoms. The van der Waals surface area contributed by atoms with Gasteiger partial charge in [0, 0.05) is 30.6 Å². The van der Waals surface area contributed by atoms with Crippen molar-refractivity contribution >= 4 is 17.3 Å². The Morgan fingerprint density at radius 3 is 2.50 bits per heavy atom. The van der Waals surface area contributed by atoms with Gasteiger partial charge in [0.15, 0.2) is 6.61 Å². The Bertz CT molecular complexity index is 1100. The minimum atomic E-state index is -4.35. The van der Waals surface area contributed by atoms with Gasteiger partial charge in [0.05, 0.1) is 11.3 Å². The Balaban J connectivity index is 1.38. The summed E-state index contributed by atoms with van der Waals surface area (Å²) in [6.45, 7) is 1.97. The van der Waals surface area contributed by atoms with Crippen molar-refractivity contribution in [3.05, 3.63) is 70.2 Å². The van der Waals surface area contributed by atoms with Gasteiger partial charge in [-0.15, -0.1) is 11.3 Å². The lowest BCUT2D eigenvalue weighted by molar-refractivity contribution is -0.139. The quantitative estimate of drug-likeness (QED) is 0.565. The lowest BCUT2D eigenvalue weighted by atomic mass is 10.0. The summed E-state index contributed by atoms with van der Waals surface area (Å²) in [5, 5.41) is 11.4. The first-order valence-corrected chi connectivity index (χ1v) is 11.0. The number of carbonyl (C=O) groups is 1. The van der Waals surface area contributed by atoms with E-state index in [9.17, 15) is 18.0 Å². The number of hydrogen-bond donors (Lipinski definition) is 1. The fourth-order valence-electron chi connectivity index (χ4n) is 3.68. The molecule has 0 radical (unpaired) electrons. The number of halogens is 3. The molecular formula is C23H21F3N2O3S. The predicted molar refractivity (Wildman–Crippen MR) is 115 cm³/mol. The lowest BCUT2D eigenvalue weighted by Gasteiger charge is -2.18. The molecule has 2 heterocycles. The van der Waals surface area contributed by atoms with Gasteiger partial charge in [0.2, 0.25) is 0 Å². The van der Waals surface area contributed by atoms with E-state index in [1.54, 1.807) is 6.07 Å². The van der Waals surface area contributed by atoms with E-state index < -0.39 is 17.7 Å². The Hall–Kier alpha value is -2.91. The molecule has 0 atom stereocenters. The van der Waals surface area contributed by atoms with Gasteiger partial charge in [0.25, 0.3) is 0 Å². The summed E-state index contributed by atoms with van der Waals surface area (Å²) >= 11 is 1.42. The largest absolute Gasteiger partial charge is 0.482 e. The number of benzene rings is 2. The molecular weight excluding hydrogens is 441 g/mol. The summed E-state index contributed by atoms with van der Waals surface area (Å²) in [6.07, 6.45) is -2.67. The molecule has 1 aliphatic heterocycles. The summed E-state index contributed by atoms with van der Waals surface area (Å²) in [5.74, 6) is -0.453. The smallest absolute Gasteiger partial charge is 0.416 e. The van der Waals surface area contributed by atoms with Gasteiger partial charge in [-0.05, 0) is 48.2 Å². The summed E-state index contributed by atoms with van der Waals surface area (Å²) in [5.41, 5.74) is 3.27. The fraction of sp³-hybridized carbons (Fsp3) is 0.304. The molecule has 0 spiro atoms. The molecule has 0 aliphatic carbocycles. The molecule has 0 fully saturated rings. The maximum Gasteiger partial charge on any atom is 0.416 e. The van der Waals surface area contributed by atoms with Crippen molar-refractivity contribution in [2.24, 2.45) is 0 Å². The lowest BCUT2D eigenvalue weighted by Crippen LogP contribution is -2.26. The standard InChI is InChI=1S/C23H21F3N2O3S/c24-23(25,26)18-4-1-16(2-5-18)22-27-19(14-32-22)12-28-9-7-15-3-6-20(31-13-21(29)30)11-17(15)8-10-28/h1-6,11,14H,7-10,12-13H2,(H,29,30). The Morgan fingerprint density at radius 2 is 1.81 bits per heavy atom. The number of thiazole rings is 1. The van der Waals surface area contributed by atoms with Crippen LogP contribution in [0.5, 0.6) is 5.75 Å². The third-order valence-corrected chi connectivity index (χ3v) is 6.27. The van der Waals surface area contributed by atoms with Crippen molar-refractivity contribution in [2.45, 2.75) is 25.6 Å². The molecule has 0 amide bonds. The number of carboxylic acids is 1. The highest BCUT2D eigenvalue weighted by Gasteiger charge is 2.30. The highest BCUT2D eigenvalue weighted by Crippen LogP contribution is 2.32. The highest BCUT2D eigenvalue weighted by atomic mass is 32.1. The number of rotatable bonds is 6. The van der Waals surface area contributed by atoms with Gasteiger partial charge < -0.3 is 9.84 Å². The van der Waals surface area contributed by atoms with Gasteiger partial charge in [-0.3, -0.25) is 4.90 Å². The third kappa shape index (κ3) is 5.46. The number of fused-ring (bicyclic) bond motifs is 1. The number of aliphatic carboxylic acids is 1. The molecule has 3 aromatic rings. The van der Waals surface area contributed by atoms with Gasteiger partial charge >= 0.3 is 12.1 Å². The second kappa shape index (κ2) is 9.30. The summed E-state index contributed by atoms with van der Waals surface area (Å²) in [6, 6.07) is 10.8. The molecule has 1 aromatic heterocycles. The molecule has 1 aliphatic rings. The zero-order valence-electron chi connectivity index (χ0n) is 17.1. The molecule has 32 heavy (non-hydrogen) atoms. The minimum Gasteiger partial charge on any atom is -0.482 e. The maximum absolute atomic E-state index is 12.8. The van der Waals surface area contributed by atoms with Gasteiger partial charge in [-0.25, -0.2) is 9.78 Å². The molecule has 0 bridgehead atoms. The van der Waals surface area contributed by atoms with Crippen molar-refractivity contribution in [3.63, 3.8) is 0 Å². The van der Waals surface area contributed by atoms with Crippen LogP contribution >= 0.6 is 11.3 Å². The predicted octanol–water partition coefficient (Wildman–Crippen LogP) is 4.89. The average Bonchev–Trinajstić information content (AvgIpc) is 3.13. The Morgan fingerprint density at radius 1 is 1.09 bits per heavy atom. The van der Waals surface area contributed by atoms with Gasteiger partial charge in [0.1, 0.15) is 10.8 Å². The number of ether oxygens (including phenoxy) is 1. The second-order valence-corrected chi connectivity index (χ2v) is 8.47. The van der Waals surface area contributed by atoms with Crippen molar-refractivity contribution in [1.82, 2.24) is 9.88 Å². The molecule has 1 N–H and O–H groups in total. The zero-order chi connectivity index (χ0) is 22.7. The van der Waals surface area contributed by atoms with E-state index >= 15 is 0 Å². The van der Waals surface area contributed by atoms with Gasteiger partial charge in [-0.2, -0.15) is 13.2 Å². The highest BCUT2D eigenvalue weighted by molar-refractivity contribution is 7.13. The Labute approximate surface area is 187 Å². The average molecular weight is 462 g/mol. The minimum absolute atomic E-state index is 0.365. The summed E-state index contributed by atoms with van der Waals surface area (Å²) in [4.78, 5) is 17.6. The molecule has 2 aromatic carbocycles. The maximum atomic E-state index is 12.8. The monoisotopic (exact) mass is 462 g/mol. The van der Waals surface area contributed by atoms with Gasteiger partial charge in [-0.1, -0.05) is 18.2 Å². The molecule has 4 rings (SSSR count). The molecule has 168 valence electrons. The normalized spacial score (nSPS) is 14.6. The molecule has 0 saturated heterocycles. The third-order valence-electron chi connectivity index (χ3n) is 5.33. The first kappa shape index (κ1) is 22.3. The first-order chi connectivity index (χ1) is 15.3. The van der Waals surface area contributed by atoms with Crippen LogP contribution in [0.15, 0.2) is 47.8 Å². The fourth-order valence-corrected chi connectivity index (χ4v) is 4.50.